The molecule has 2 saturated heterocycles. The smallest absolute Gasteiger partial charge is 0.268 e. The van der Waals surface area contributed by atoms with Gasteiger partial charge in [0.1, 0.15) is 71.5 Å². The first-order chi connectivity index (χ1) is 21.0. The van der Waals surface area contributed by atoms with E-state index in [0.717, 1.165) is 18.4 Å². The molecule has 6 rings (SSSR count). The Morgan fingerprint density at radius 3 is 2.27 bits per heavy atom. The van der Waals surface area contributed by atoms with Crippen LogP contribution in [0.25, 0.3) is 22.1 Å². The van der Waals surface area contributed by atoms with Gasteiger partial charge in [0.2, 0.25) is 12.2 Å². The maximum Gasteiger partial charge on any atom is 0.268 e. The maximum absolute atomic E-state index is 13.4. The molecular formula is C28H30O16. The monoisotopic (exact) mass is 622 g/mol. The number of aliphatic hydroxyl groups excluding tert-OH is 8. The van der Waals surface area contributed by atoms with Gasteiger partial charge in [-0.3, -0.25) is 4.79 Å². The van der Waals surface area contributed by atoms with E-state index in [-0.39, 0.29) is 29.1 Å². The molecule has 3 aliphatic heterocycles. The zero-order valence-electron chi connectivity index (χ0n) is 22.7. The second-order valence-corrected chi connectivity index (χ2v) is 10.7. The summed E-state index contributed by atoms with van der Waals surface area (Å²) < 4.78 is 33.5. The summed E-state index contributed by atoms with van der Waals surface area (Å²) in [6, 6.07) is 6.84. The number of hydrogen-bond donors (Lipinski definition) is 9. The zero-order chi connectivity index (χ0) is 31.5. The van der Waals surface area contributed by atoms with Crippen LogP contribution in [0.2, 0.25) is 0 Å². The van der Waals surface area contributed by atoms with Crippen LogP contribution in [0.4, 0.5) is 0 Å². The van der Waals surface area contributed by atoms with Crippen molar-refractivity contribution in [1.82, 2.24) is 0 Å². The highest BCUT2D eigenvalue weighted by Crippen LogP contribution is 2.43. The van der Waals surface area contributed by atoms with E-state index < -0.39 is 85.1 Å². The number of rotatable bonds is 6. The van der Waals surface area contributed by atoms with E-state index in [1.807, 2.05) is 0 Å². The molecule has 0 bridgehead atoms. The van der Waals surface area contributed by atoms with Crippen molar-refractivity contribution in [2.45, 2.75) is 60.7 Å². The van der Waals surface area contributed by atoms with E-state index in [2.05, 4.69) is 0 Å². The van der Waals surface area contributed by atoms with Crippen LogP contribution in [0, 0.1) is 0 Å². The normalized spacial score (nSPS) is 35.1. The number of benzene rings is 2. The molecule has 16 nitrogen and oxygen atoms in total. The van der Waals surface area contributed by atoms with Gasteiger partial charge in [-0.2, -0.15) is 0 Å². The highest BCUT2D eigenvalue weighted by atomic mass is 16.7. The van der Waals surface area contributed by atoms with Crippen molar-refractivity contribution in [2.24, 2.45) is 0 Å². The van der Waals surface area contributed by atoms with Crippen LogP contribution in [-0.2, 0) is 9.47 Å². The summed E-state index contributed by atoms with van der Waals surface area (Å²) in [5.74, 6) is -2.89. The van der Waals surface area contributed by atoms with Gasteiger partial charge in [-0.05, 0) is 17.7 Å². The van der Waals surface area contributed by atoms with E-state index in [1.165, 1.54) is 0 Å². The molecule has 0 radical (unpaired) electrons. The molecule has 0 amide bonds. The lowest BCUT2D eigenvalue weighted by Gasteiger charge is -2.54. The predicted octanol–water partition coefficient (Wildman–Crippen LogP) is -2.71. The molecule has 0 spiro atoms. The number of ether oxygens (including phenoxy) is 5. The van der Waals surface area contributed by atoms with Gasteiger partial charge in [-0.1, -0.05) is 6.07 Å². The van der Waals surface area contributed by atoms with Crippen LogP contribution in [0.5, 0.6) is 23.0 Å². The summed E-state index contributed by atoms with van der Waals surface area (Å²) in [6.45, 7) is -1.77. The van der Waals surface area contributed by atoms with Crippen molar-refractivity contribution >= 4 is 11.0 Å². The van der Waals surface area contributed by atoms with Crippen LogP contribution in [-0.4, -0.2) is 127 Å². The number of phenolic OH excluding ortho intramolecular Hbond substituents is 1. The minimum atomic E-state index is -2.76. The fourth-order valence-electron chi connectivity index (χ4n) is 5.69. The minimum Gasteiger partial charge on any atom is -0.507 e. The predicted molar refractivity (Wildman–Crippen MR) is 143 cm³/mol. The van der Waals surface area contributed by atoms with Crippen molar-refractivity contribution < 1.29 is 74.1 Å². The average molecular weight is 623 g/mol. The molecule has 1 aromatic heterocycles. The van der Waals surface area contributed by atoms with Gasteiger partial charge in [0.25, 0.3) is 5.79 Å². The molecule has 4 heterocycles. The first kappa shape index (κ1) is 30.5. The summed E-state index contributed by atoms with van der Waals surface area (Å²) >= 11 is 0. The van der Waals surface area contributed by atoms with Crippen LogP contribution < -0.4 is 19.6 Å². The molecule has 238 valence electrons. The summed E-state index contributed by atoms with van der Waals surface area (Å²) in [6.07, 6.45) is -16.1. The summed E-state index contributed by atoms with van der Waals surface area (Å²) in [4.78, 5) is 13.4. The molecule has 2 aromatic carbocycles. The molecule has 2 fully saturated rings. The van der Waals surface area contributed by atoms with Crippen LogP contribution in [0.1, 0.15) is 0 Å². The molecule has 10 unspecified atom stereocenters. The van der Waals surface area contributed by atoms with E-state index in [0.29, 0.717) is 17.1 Å². The van der Waals surface area contributed by atoms with Crippen molar-refractivity contribution in [3.05, 3.63) is 46.8 Å². The van der Waals surface area contributed by atoms with Gasteiger partial charge in [0.05, 0.1) is 18.8 Å². The van der Waals surface area contributed by atoms with Crippen molar-refractivity contribution in [3.8, 4) is 34.1 Å². The molecule has 3 aromatic rings. The SMILES string of the molecule is O=c1c(-c2ccc3c(c2)OCO3)coc2cc(OC3(C4OC(CO)C(O)C(O)C4O)OC(CO)C(O)C(O)C3O)cc(O)c12. The first-order valence-electron chi connectivity index (χ1n) is 13.5. The van der Waals surface area contributed by atoms with E-state index >= 15 is 0 Å². The summed E-state index contributed by atoms with van der Waals surface area (Å²) in [7, 11) is 0. The highest BCUT2D eigenvalue weighted by molar-refractivity contribution is 5.88. The van der Waals surface area contributed by atoms with Crippen LogP contribution in [0.3, 0.4) is 0 Å². The van der Waals surface area contributed by atoms with Crippen molar-refractivity contribution in [2.75, 3.05) is 20.0 Å². The molecule has 0 saturated carbocycles. The maximum atomic E-state index is 13.4. The van der Waals surface area contributed by atoms with Crippen molar-refractivity contribution in [3.63, 3.8) is 0 Å². The van der Waals surface area contributed by atoms with E-state index in [9.17, 15) is 50.8 Å². The first-order valence-corrected chi connectivity index (χ1v) is 13.5. The standard InChI is InChI=1S/C28H30O16/c29-6-17-21(33)23(35)25(37)27(42-17)28(26(38)24(36)22(34)18(7-30)44-28)43-11-4-13(31)19-16(5-11)39-8-12(20(19)32)10-1-2-14-15(3-10)41-9-40-14/h1-5,8,17-18,21-27,29-31,33-38H,6-7,9H2. The fraction of sp³-hybridized carbons (Fsp3) is 0.464. The van der Waals surface area contributed by atoms with Gasteiger partial charge in [-0.25, -0.2) is 0 Å². The van der Waals surface area contributed by atoms with Gasteiger partial charge in [-0.15, -0.1) is 0 Å². The largest absolute Gasteiger partial charge is 0.507 e. The van der Waals surface area contributed by atoms with Gasteiger partial charge in [0.15, 0.2) is 23.7 Å². The summed E-state index contributed by atoms with van der Waals surface area (Å²) in [5, 5.41) is 94.1. The van der Waals surface area contributed by atoms with Crippen LogP contribution >= 0.6 is 0 Å². The number of phenols is 1. The Morgan fingerprint density at radius 2 is 1.55 bits per heavy atom. The van der Waals surface area contributed by atoms with Gasteiger partial charge < -0.3 is 74.1 Å². The Kier molecular flexibility index (Phi) is 7.91. The molecule has 3 aliphatic rings. The molecule has 10 atom stereocenters. The topological polar surface area (TPSA) is 258 Å². The lowest BCUT2D eigenvalue weighted by atomic mass is 9.83. The Bertz CT molecular complexity index is 1590. The number of aromatic hydroxyl groups is 1. The summed E-state index contributed by atoms with van der Waals surface area (Å²) in [5.41, 5.74) is -0.354. The number of aliphatic hydroxyl groups is 8. The second kappa shape index (κ2) is 11.4. The Morgan fingerprint density at radius 1 is 0.841 bits per heavy atom. The zero-order valence-corrected chi connectivity index (χ0v) is 22.7. The quantitative estimate of drug-likeness (QED) is 0.135. The molecule has 16 heteroatoms. The lowest BCUT2D eigenvalue weighted by Crippen LogP contribution is -2.77. The number of hydrogen-bond acceptors (Lipinski definition) is 16. The number of fused-ring (bicyclic) bond motifs is 2. The Labute approximate surface area is 247 Å². The lowest BCUT2D eigenvalue weighted by molar-refractivity contribution is -0.396. The van der Waals surface area contributed by atoms with Crippen molar-refractivity contribution in [1.29, 1.82) is 0 Å². The van der Waals surface area contributed by atoms with Crippen LogP contribution in [0.15, 0.2) is 45.8 Å². The second-order valence-electron chi connectivity index (χ2n) is 10.7. The Balaban J connectivity index is 1.43. The Hall–Kier alpha value is -3.55. The third-order valence-electron chi connectivity index (χ3n) is 8.06. The van der Waals surface area contributed by atoms with E-state index in [4.69, 9.17) is 28.1 Å². The molecule has 0 aliphatic carbocycles. The highest BCUT2D eigenvalue weighted by Gasteiger charge is 2.65. The van der Waals surface area contributed by atoms with E-state index in [1.54, 1.807) is 18.2 Å². The average Bonchev–Trinajstić information content (AvgIpc) is 3.48. The van der Waals surface area contributed by atoms with Gasteiger partial charge >= 0.3 is 0 Å². The third kappa shape index (κ3) is 4.76. The fourth-order valence-corrected chi connectivity index (χ4v) is 5.69. The van der Waals surface area contributed by atoms with Gasteiger partial charge in [0, 0.05) is 12.1 Å². The molecule has 44 heavy (non-hydrogen) atoms. The third-order valence-corrected chi connectivity index (χ3v) is 8.06. The molecular weight excluding hydrogens is 592 g/mol. The molecule has 9 N–H and O–H groups in total. The minimum absolute atomic E-state index is 0.0206.